The summed E-state index contributed by atoms with van der Waals surface area (Å²) in [7, 11) is 0. The second kappa shape index (κ2) is 10.9. The first kappa shape index (κ1) is 22.7. The molecule has 0 bridgehead atoms. The number of carbonyl (C=O) groups excluding carboxylic acids is 1. The lowest BCUT2D eigenvalue weighted by Crippen LogP contribution is -2.22. The van der Waals surface area contributed by atoms with Gasteiger partial charge in [0.2, 0.25) is 0 Å². The summed E-state index contributed by atoms with van der Waals surface area (Å²) < 4.78 is 7.64. The van der Waals surface area contributed by atoms with Crippen LogP contribution in [0.15, 0.2) is 53.7 Å². The zero-order valence-electron chi connectivity index (χ0n) is 18.1. The van der Waals surface area contributed by atoms with Crippen molar-refractivity contribution in [2.75, 3.05) is 11.1 Å². The Morgan fingerprint density at radius 3 is 2.69 bits per heavy atom. The largest absolute Gasteiger partial charge is 0.462 e. The minimum atomic E-state index is -0.195. The van der Waals surface area contributed by atoms with Crippen LogP contribution >= 0.6 is 23.4 Å². The van der Waals surface area contributed by atoms with Gasteiger partial charge >= 0.3 is 5.97 Å². The number of benzene rings is 2. The van der Waals surface area contributed by atoms with Gasteiger partial charge in [-0.25, -0.2) is 0 Å². The third-order valence-electron chi connectivity index (χ3n) is 5.44. The highest BCUT2D eigenvalue weighted by Crippen LogP contribution is 2.25. The number of aromatic nitrogens is 3. The van der Waals surface area contributed by atoms with E-state index in [0.717, 1.165) is 42.9 Å². The molecule has 0 aliphatic heterocycles. The standard InChI is InChI=1S/C24H27ClN4O2S/c1-17-10-12-20(13-11-17)29-22(15-26-19-7-5-6-18(25)14-19)27-28-24(29)32-16-23(30)31-21-8-3-2-4-9-21/h5-7,10-14,21,26H,2-4,8-9,15-16H2,1H3. The summed E-state index contributed by atoms with van der Waals surface area (Å²) in [6.07, 6.45) is 5.49. The number of thioether (sulfide) groups is 1. The Labute approximate surface area is 197 Å². The van der Waals surface area contributed by atoms with E-state index in [0.29, 0.717) is 16.7 Å². The third-order valence-corrected chi connectivity index (χ3v) is 6.57. The van der Waals surface area contributed by atoms with E-state index >= 15 is 0 Å². The zero-order chi connectivity index (χ0) is 22.3. The second-order valence-corrected chi connectivity index (χ2v) is 9.35. The van der Waals surface area contributed by atoms with Gasteiger partial charge in [0.1, 0.15) is 6.10 Å². The van der Waals surface area contributed by atoms with E-state index in [4.69, 9.17) is 16.3 Å². The first-order valence-electron chi connectivity index (χ1n) is 10.9. The number of aryl methyl sites for hydroxylation is 1. The quantitative estimate of drug-likeness (QED) is 0.331. The Kier molecular flexibility index (Phi) is 7.71. The smallest absolute Gasteiger partial charge is 0.316 e. The molecule has 6 nitrogen and oxygen atoms in total. The molecule has 0 unspecified atom stereocenters. The summed E-state index contributed by atoms with van der Waals surface area (Å²) in [6, 6.07) is 15.7. The van der Waals surface area contributed by atoms with E-state index < -0.39 is 0 Å². The van der Waals surface area contributed by atoms with Crippen molar-refractivity contribution in [3.05, 3.63) is 64.9 Å². The van der Waals surface area contributed by atoms with Crippen LogP contribution in [0.4, 0.5) is 5.69 Å². The summed E-state index contributed by atoms with van der Waals surface area (Å²) in [5.74, 6) is 0.762. The second-order valence-electron chi connectivity index (χ2n) is 7.97. The highest BCUT2D eigenvalue weighted by molar-refractivity contribution is 7.99. The van der Waals surface area contributed by atoms with Gasteiger partial charge in [-0.2, -0.15) is 0 Å². The molecule has 1 fully saturated rings. The predicted molar refractivity (Wildman–Crippen MR) is 129 cm³/mol. The fourth-order valence-electron chi connectivity index (χ4n) is 3.77. The van der Waals surface area contributed by atoms with Crippen LogP contribution in [0.2, 0.25) is 5.02 Å². The van der Waals surface area contributed by atoms with Crippen molar-refractivity contribution in [2.45, 2.75) is 56.8 Å². The number of rotatable bonds is 8. The SMILES string of the molecule is Cc1ccc(-n2c(CNc3cccc(Cl)c3)nnc2SCC(=O)OC2CCCCC2)cc1. The maximum atomic E-state index is 12.4. The molecule has 3 aromatic rings. The van der Waals surface area contributed by atoms with Gasteiger partial charge in [-0.15, -0.1) is 10.2 Å². The van der Waals surface area contributed by atoms with Crippen molar-refractivity contribution in [2.24, 2.45) is 0 Å². The van der Waals surface area contributed by atoms with Crippen LogP contribution in [0, 0.1) is 6.92 Å². The normalized spacial score (nSPS) is 14.3. The van der Waals surface area contributed by atoms with Crippen LogP contribution in [-0.2, 0) is 16.1 Å². The first-order valence-corrected chi connectivity index (χ1v) is 12.3. The highest BCUT2D eigenvalue weighted by Gasteiger charge is 2.20. The molecule has 1 aliphatic rings. The monoisotopic (exact) mass is 470 g/mol. The number of nitrogens with one attached hydrogen (secondary N) is 1. The number of nitrogens with zero attached hydrogens (tertiary/aromatic N) is 3. The van der Waals surface area contributed by atoms with Crippen LogP contribution in [0.3, 0.4) is 0 Å². The van der Waals surface area contributed by atoms with Gasteiger partial charge in [-0.05, 0) is 62.9 Å². The van der Waals surface area contributed by atoms with Crippen LogP contribution in [0.1, 0.15) is 43.5 Å². The lowest BCUT2D eigenvalue weighted by Gasteiger charge is -2.21. The highest BCUT2D eigenvalue weighted by atomic mass is 35.5. The summed E-state index contributed by atoms with van der Waals surface area (Å²) in [5, 5.41) is 13.4. The minimum absolute atomic E-state index is 0.0595. The number of esters is 1. The fraction of sp³-hybridized carbons (Fsp3) is 0.375. The number of ether oxygens (including phenoxy) is 1. The minimum Gasteiger partial charge on any atom is -0.462 e. The first-order chi connectivity index (χ1) is 15.6. The molecule has 32 heavy (non-hydrogen) atoms. The molecule has 0 amide bonds. The number of carbonyl (C=O) groups is 1. The summed E-state index contributed by atoms with van der Waals surface area (Å²) >= 11 is 7.45. The molecular formula is C24H27ClN4O2S. The van der Waals surface area contributed by atoms with Crippen LogP contribution in [-0.4, -0.2) is 32.6 Å². The molecule has 0 atom stereocenters. The Balaban J connectivity index is 1.48. The van der Waals surface area contributed by atoms with E-state index in [1.165, 1.54) is 23.7 Å². The molecule has 1 N–H and O–H groups in total. The van der Waals surface area contributed by atoms with Crippen molar-refractivity contribution in [3.8, 4) is 5.69 Å². The van der Waals surface area contributed by atoms with Crippen LogP contribution in [0.25, 0.3) is 5.69 Å². The summed E-state index contributed by atoms with van der Waals surface area (Å²) in [4.78, 5) is 12.4. The van der Waals surface area contributed by atoms with Crippen LogP contribution in [0.5, 0.6) is 0 Å². The number of halogens is 1. The number of hydrogen-bond acceptors (Lipinski definition) is 6. The van der Waals surface area contributed by atoms with Gasteiger partial charge in [-0.1, -0.05) is 53.5 Å². The Hall–Kier alpha value is -2.51. The van der Waals surface area contributed by atoms with Gasteiger partial charge in [-0.3, -0.25) is 9.36 Å². The van der Waals surface area contributed by atoms with E-state index in [9.17, 15) is 4.79 Å². The van der Waals surface area contributed by atoms with Gasteiger partial charge in [0.15, 0.2) is 11.0 Å². The Bertz CT molecular complexity index is 1050. The van der Waals surface area contributed by atoms with Crippen molar-refractivity contribution in [1.82, 2.24) is 14.8 Å². The molecular weight excluding hydrogens is 444 g/mol. The van der Waals surface area contributed by atoms with Crippen molar-refractivity contribution < 1.29 is 9.53 Å². The average Bonchev–Trinajstić information content (AvgIpc) is 3.20. The summed E-state index contributed by atoms with van der Waals surface area (Å²) in [6.45, 7) is 2.52. The van der Waals surface area contributed by atoms with Gasteiger partial charge in [0.25, 0.3) is 0 Å². The molecule has 0 radical (unpaired) electrons. The van der Waals surface area contributed by atoms with Gasteiger partial charge < -0.3 is 10.1 Å². The maximum absolute atomic E-state index is 12.4. The molecule has 2 aromatic carbocycles. The average molecular weight is 471 g/mol. The topological polar surface area (TPSA) is 69.0 Å². The van der Waals surface area contributed by atoms with E-state index in [2.05, 4.69) is 34.6 Å². The molecule has 1 aromatic heterocycles. The van der Waals surface area contributed by atoms with Crippen molar-refractivity contribution in [1.29, 1.82) is 0 Å². The molecule has 1 heterocycles. The lowest BCUT2D eigenvalue weighted by molar-refractivity contribution is -0.147. The molecule has 0 spiro atoms. The van der Waals surface area contributed by atoms with E-state index in [1.807, 2.05) is 41.0 Å². The van der Waals surface area contributed by atoms with Gasteiger partial charge in [0.05, 0.1) is 12.3 Å². The van der Waals surface area contributed by atoms with Crippen molar-refractivity contribution in [3.63, 3.8) is 0 Å². The van der Waals surface area contributed by atoms with Gasteiger partial charge in [0, 0.05) is 16.4 Å². The maximum Gasteiger partial charge on any atom is 0.316 e. The zero-order valence-corrected chi connectivity index (χ0v) is 19.7. The van der Waals surface area contributed by atoms with Crippen molar-refractivity contribution >= 4 is 35.0 Å². The summed E-state index contributed by atoms with van der Waals surface area (Å²) in [5.41, 5.74) is 3.03. The Morgan fingerprint density at radius 1 is 1.16 bits per heavy atom. The number of hydrogen-bond donors (Lipinski definition) is 1. The molecule has 1 aliphatic carbocycles. The van der Waals surface area contributed by atoms with E-state index in [-0.39, 0.29) is 17.8 Å². The number of anilines is 1. The lowest BCUT2D eigenvalue weighted by atomic mass is 9.98. The molecule has 4 rings (SSSR count). The fourth-order valence-corrected chi connectivity index (χ4v) is 4.71. The Morgan fingerprint density at radius 2 is 1.94 bits per heavy atom. The predicted octanol–water partition coefficient (Wildman–Crippen LogP) is 5.81. The molecule has 8 heteroatoms. The van der Waals surface area contributed by atoms with Crippen LogP contribution < -0.4 is 5.32 Å². The van der Waals surface area contributed by atoms with E-state index in [1.54, 1.807) is 0 Å². The third kappa shape index (κ3) is 6.04. The molecule has 1 saturated carbocycles. The molecule has 168 valence electrons. The molecule has 0 saturated heterocycles.